The molecule has 0 fully saturated rings. The van der Waals surface area contributed by atoms with Crippen molar-refractivity contribution in [2.45, 2.75) is 40.2 Å². The molecule has 1 N–H and O–H groups in total. The molecule has 0 aliphatic heterocycles. The SMILES string of the molecule is Cc1nn(C)c(C)c1CC(=O)N(c1ccc(Nc2ccccc2)cc1)C(C)C. The van der Waals surface area contributed by atoms with Crippen LogP contribution in [0.3, 0.4) is 0 Å². The van der Waals surface area contributed by atoms with Crippen LogP contribution in [0.4, 0.5) is 17.1 Å². The molecule has 0 saturated heterocycles. The lowest BCUT2D eigenvalue weighted by Crippen LogP contribution is -2.38. The number of benzene rings is 2. The monoisotopic (exact) mass is 376 g/mol. The van der Waals surface area contributed by atoms with Crippen molar-refractivity contribution in [3.05, 3.63) is 71.5 Å². The zero-order valence-electron chi connectivity index (χ0n) is 17.2. The Labute approximate surface area is 167 Å². The summed E-state index contributed by atoms with van der Waals surface area (Å²) in [5.74, 6) is 0.0815. The summed E-state index contributed by atoms with van der Waals surface area (Å²) in [4.78, 5) is 15.0. The van der Waals surface area contributed by atoms with Gasteiger partial charge in [-0.15, -0.1) is 0 Å². The van der Waals surface area contributed by atoms with E-state index in [-0.39, 0.29) is 11.9 Å². The third-order valence-corrected chi connectivity index (χ3v) is 4.98. The van der Waals surface area contributed by atoms with Crippen molar-refractivity contribution < 1.29 is 4.79 Å². The van der Waals surface area contributed by atoms with Crippen LogP contribution in [0.15, 0.2) is 54.6 Å². The van der Waals surface area contributed by atoms with E-state index in [9.17, 15) is 4.79 Å². The Morgan fingerprint density at radius 1 is 1.04 bits per heavy atom. The number of hydrogen-bond acceptors (Lipinski definition) is 3. The van der Waals surface area contributed by atoms with E-state index in [0.29, 0.717) is 6.42 Å². The van der Waals surface area contributed by atoms with Crippen molar-refractivity contribution in [1.82, 2.24) is 9.78 Å². The Hall–Kier alpha value is -3.08. The summed E-state index contributed by atoms with van der Waals surface area (Å²) < 4.78 is 1.84. The molecule has 0 bridgehead atoms. The summed E-state index contributed by atoms with van der Waals surface area (Å²) in [7, 11) is 1.91. The normalized spacial score (nSPS) is 10.9. The molecule has 0 unspecified atom stereocenters. The molecule has 0 saturated carbocycles. The molecule has 3 aromatic rings. The van der Waals surface area contributed by atoms with Crippen LogP contribution in [0, 0.1) is 13.8 Å². The second-order valence-electron chi connectivity index (χ2n) is 7.35. The van der Waals surface area contributed by atoms with Crippen molar-refractivity contribution in [2.75, 3.05) is 10.2 Å². The number of carbonyl (C=O) groups is 1. The molecule has 1 aromatic heterocycles. The second kappa shape index (κ2) is 8.30. The minimum absolute atomic E-state index is 0.0673. The Morgan fingerprint density at radius 3 is 2.18 bits per heavy atom. The number of nitrogens with zero attached hydrogens (tertiary/aromatic N) is 3. The molecule has 3 rings (SSSR count). The summed E-state index contributed by atoms with van der Waals surface area (Å²) in [5.41, 5.74) is 5.90. The van der Waals surface area contributed by atoms with Crippen molar-refractivity contribution in [3.63, 3.8) is 0 Å². The third-order valence-electron chi connectivity index (χ3n) is 4.98. The van der Waals surface area contributed by atoms with E-state index in [4.69, 9.17) is 0 Å². The lowest BCUT2D eigenvalue weighted by Gasteiger charge is -2.27. The van der Waals surface area contributed by atoms with Crippen molar-refractivity contribution in [3.8, 4) is 0 Å². The van der Waals surface area contributed by atoms with E-state index in [2.05, 4.69) is 10.4 Å². The molecule has 0 aliphatic carbocycles. The van der Waals surface area contributed by atoms with Gasteiger partial charge in [0.2, 0.25) is 5.91 Å². The van der Waals surface area contributed by atoms with E-state index in [1.165, 1.54) is 0 Å². The van der Waals surface area contributed by atoms with Gasteiger partial charge in [-0.2, -0.15) is 5.10 Å². The van der Waals surface area contributed by atoms with Gasteiger partial charge >= 0.3 is 0 Å². The van der Waals surface area contributed by atoms with Gasteiger partial charge < -0.3 is 10.2 Å². The first kappa shape index (κ1) is 19.7. The molecule has 0 spiro atoms. The second-order valence-corrected chi connectivity index (χ2v) is 7.35. The third kappa shape index (κ3) is 4.25. The molecule has 2 aromatic carbocycles. The number of amides is 1. The van der Waals surface area contributed by atoms with Crippen molar-refractivity contribution >= 4 is 23.0 Å². The first-order valence-corrected chi connectivity index (χ1v) is 9.60. The molecule has 0 aliphatic rings. The number of nitrogens with one attached hydrogen (secondary N) is 1. The molecule has 0 atom stereocenters. The lowest BCUT2D eigenvalue weighted by atomic mass is 10.1. The summed E-state index contributed by atoms with van der Waals surface area (Å²) in [6.07, 6.45) is 0.355. The molecule has 5 nitrogen and oxygen atoms in total. The standard InChI is InChI=1S/C23H28N4O/c1-16(2)27(23(28)15-22-17(3)25-26(5)18(22)4)21-13-11-20(12-14-21)24-19-9-7-6-8-10-19/h6-14,16,24H,15H2,1-5H3. The zero-order chi connectivity index (χ0) is 20.3. The van der Waals surface area contributed by atoms with E-state index < -0.39 is 0 Å². The smallest absolute Gasteiger partial charge is 0.231 e. The van der Waals surface area contributed by atoms with Gasteiger partial charge in [0.25, 0.3) is 0 Å². The van der Waals surface area contributed by atoms with Crippen LogP contribution in [0.2, 0.25) is 0 Å². The Kier molecular flexibility index (Phi) is 5.83. The first-order chi connectivity index (χ1) is 13.4. The Bertz CT molecular complexity index is 943. The number of rotatable bonds is 6. The fourth-order valence-electron chi connectivity index (χ4n) is 3.43. The quantitative estimate of drug-likeness (QED) is 0.674. The number of aryl methyl sites for hydroxylation is 2. The van der Waals surface area contributed by atoms with E-state index >= 15 is 0 Å². The predicted octanol–water partition coefficient (Wildman–Crippen LogP) is 4.76. The number of carbonyl (C=O) groups excluding carboxylic acids is 1. The first-order valence-electron chi connectivity index (χ1n) is 9.60. The van der Waals surface area contributed by atoms with Gasteiger partial charge in [0.1, 0.15) is 0 Å². The largest absolute Gasteiger partial charge is 0.356 e. The van der Waals surface area contributed by atoms with Crippen LogP contribution >= 0.6 is 0 Å². The highest BCUT2D eigenvalue weighted by Crippen LogP contribution is 2.24. The summed E-state index contributed by atoms with van der Waals surface area (Å²) in [6.45, 7) is 8.04. The molecule has 1 heterocycles. The van der Waals surface area contributed by atoms with Crippen LogP contribution in [0.5, 0.6) is 0 Å². The fourth-order valence-corrected chi connectivity index (χ4v) is 3.43. The number of aromatic nitrogens is 2. The molecular weight excluding hydrogens is 348 g/mol. The molecule has 5 heteroatoms. The Morgan fingerprint density at radius 2 is 1.64 bits per heavy atom. The van der Waals surface area contributed by atoms with E-state index in [1.54, 1.807) is 0 Å². The molecule has 146 valence electrons. The highest BCUT2D eigenvalue weighted by atomic mass is 16.2. The lowest BCUT2D eigenvalue weighted by molar-refractivity contribution is -0.118. The average molecular weight is 377 g/mol. The highest BCUT2D eigenvalue weighted by molar-refractivity contribution is 5.95. The van der Waals surface area contributed by atoms with Crippen LogP contribution in [0.1, 0.15) is 30.8 Å². The maximum absolute atomic E-state index is 13.1. The number of para-hydroxylation sites is 1. The minimum Gasteiger partial charge on any atom is -0.356 e. The number of anilines is 3. The molecule has 1 amide bonds. The maximum atomic E-state index is 13.1. The minimum atomic E-state index is 0.0673. The Balaban J connectivity index is 1.79. The summed E-state index contributed by atoms with van der Waals surface area (Å²) in [6, 6.07) is 18.1. The van der Waals surface area contributed by atoms with Crippen molar-refractivity contribution in [1.29, 1.82) is 0 Å². The van der Waals surface area contributed by atoms with Crippen LogP contribution < -0.4 is 10.2 Å². The summed E-state index contributed by atoms with van der Waals surface area (Å²) in [5, 5.41) is 7.80. The molecular formula is C23H28N4O. The van der Waals surface area contributed by atoms with E-state index in [0.717, 1.165) is 34.0 Å². The maximum Gasteiger partial charge on any atom is 0.231 e. The van der Waals surface area contributed by atoms with Crippen LogP contribution in [-0.4, -0.2) is 21.7 Å². The average Bonchev–Trinajstić information content (AvgIpc) is 2.90. The number of hydrogen-bond donors (Lipinski definition) is 1. The van der Waals surface area contributed by atoms with Gasteiger partial charge in [-0.3, -0.25) is 9.48 Å². The van der Waals surface area contributed by atoms with Gasteiger partial charge in [-0.1, -0.05) is 18.2 Å². The highest BCUT2D eigenvalue weighted by Gasteiger charge is 2.22. The molecule has 0 radical (unpaired) electrons. The molecule has 28 heavy (non-hydrogen) atoms. The summed E-state index contributed by atoms with van der Waals surface area (Å²) >= 11 is 0. The van der Waals surface area contributed by atoms with Crippen molar-refractivity contribution in [2.24, 2.45) is 7.05 Å². The van der Waals surface area contributed by atoms with Crippen LogP contribution in [0.25, 0.3) is 0 Å². The van der Waals surface area contributed by atoms with Gasteiger partial charge in [-0.25, -0.2) is 0 Å². The zero-order valence-corrected chi connectivity index (χ0v) is 17.2. The van der Waals surface area contributed by atoms with Crippen LogP contribution in [-0.2, 0) is 18.3 Å². The van der Waals surface area contributed by atoms with E-state index in [1.807, 2.05) is 98.9 Å². The predicted molar refractivity (Wildman–Crippen MR) is 115 cm³/mol. The van der Waals surface area contributed by atoms with Gasteiger partial charge in [0.15, 0.2) is 0 Å². The van der Waals surface area contributed by atoms with Gasteiger partial charge in [0, 0.05) is 41.4 Å². The topological polar surface area (TPSA) is 50.2 Å². The van der Waals surface area contributed by atoms with Gasteiger partial charge in [0.05, 0.1) is 12.1 Å². The fraction of sp³-hybridized carbons (Fsp3) is 0.304. The van der Waals surface area contributed by atoms with Gasteiger partial charge in [-0.05, 0) is 64.1 Å².